The first-order chi connectivity index (χ1) is 8.66. The highest BCUT2D eigenvalue weighted by Crippen LogP contribution is 2.10. The van der Waals surface area contributed by atoms with Gasteiger partial charge in [0.2, 0.25) is 0 Å². The van der Waals surface area contributed by atoms with Gasteiger partial charge in [-0.05, 0) is 18.9 Å². The molecule has 0 rings (SSSR count). The Morgan fingerprint density at radius 3 is 1.94 bits per heavy atom. The first kappa shape index (κ1) is 17.2. The van der Waals surface area contributed by atoms with Crippen LogP contribution < -0.4 is 0 Å². The maximum absolute atomic E-state index is 11.3. The second-order valence-electron chi connectivity index (χ2n) is 5.20. The molecule has 0 aromatic rings. The standard InChI is InChI=1S/C16H30O2/c1-4-5-6-7-8-9-10-11-12-13-16(17)18-14-15(2)3/h2,4-14H2,1,3H3. The Kier molecular flexibility index (Phi) is 12.1. The molecule has 0 aliphatic rings. The number of carbonyl (C=O) groups is 1. The largest absolute Gasteiger partial charge is 0.461 e. The number of hydrogen-bond acceptors (Lipinski definition) is 2. The van der Waals surface area contributed by atoms with Crippen LogP contribution in [0.2, 0.25) is 0 Å². The summed E-state index contributed by atoms with van der Waals surface area (Å²) in [6.07, 6.45) is 12.0. The molecule has 0 saturated heterocycles. The van der Waals surface area contributed by atoms with Gasteiger partial charge in [0.15, 0.2) is 0 Å². The van der Waals surface area contributed by atoms with Crippen LogP contribution in [0.15, 0.2) is 12.2 Å². The van der Waals surface area contributed by atoms with E-state index in [4.69, 9.17) is 4.74 Å². The fraction of sp³-hybridized carbons (Fsp3) is 0.812. The van der Waals surface area contributed by atoms with E-state index in [0.717, 1.165) is 18.4 Å². The van der Waals surface area contributed by atoms with Gasteiger partial charge in [-0.25, -0.2) is 0 Å². The minimum Gasteiger partial charge on any atom is -0.461 e. The van der Waals surface area contributed by atoms with Gasteiger partial charge >= 0.3 is 5.97 Å². The zero-order chi connectivity index (χ0) is 13.6. The van der Waals surface area contributed by atoms with Gasteiger partial charge in [0.1, 0.15) is 6.61 Å². The quantitative estimate of drug-likeness (QED) is 0.277. The van der Waals surface area contributed by atoms with E-state index in [1.165, 1.54) is 44.9 Å². The maximum atomic E-state index is 11.3. The van der Waals surface area contributed by atoms with E-state index in [9.17, 15) is 4.79 Å². The Balaban J connectivity index is 3.15. The number of ether oxygens (including phenoxy) is 1. The summed E-state index contributed by atoms with van der Waals surface area (Å²) in [6, 6.07) is 0. The fourth-order valence-electron chi connectivity index (χ4n) is 1.86. The number of esters is 1. The van der Waals surface area contributed by atoms with E-state index >= 15 is 0 Å². The highest BCUT2D eigenvalue weighted by Gasteiger charge is 2.02. The zero-order valence-corrected chi connectivity index (χ0v) is 12.3. The van der Waals surface area contributed by atoms with Crippen LogP contribution in [-0.2, 0) is 9.53 Å². The SMILES string of the molecule is C=C(C)COC(=O)CCCCCCCCCCC. The number of rotatable bonds is 12. The molecule has 18 heavy (non-hydrogen) atoms. The molecule has 0 radical (unpaired) electrons. The van der Waals surface area contributed by atoms with Crippen LogP contribution in [0.3, 0.4) is 0 Å². The predicted octanol–water partition coefficient (Wildman–Crippen LogP) is 5.03. The molecule has 2 nitrogen and oxygen atoms in total. The molecule has 106 valence electrons. The van der Waals surface area contributed by atoms with Crippen LogP contribution in [0.4, 0.5) is 0 Å². The highest BCUT2D eigenvalue weighted by atomic mass is 16.5. The van der Waals surface area contributed by atoms with Crippen molar-refractivity contribution in [2.75, 3.05) is 6.61 Å². The van der Waals surface area contributed by atoms with Crippen molar-refractivity contribution in [2.24, 2.45) is 0 Å². The summed E-state index contributed by atoms with van der Waals surface area (Å²) in [6.45, 7) is 8.18. The highest BCUT2D eigenvalue weighted by molar-refractivity contribution is 5.69. The first-order valence-corrected chi connectivity index (χ1v) is 7.46. The normalized spacial score (nSPS) is 10.3. The predicted molar refractivity (Wildman–Crippen MR) is 77.6 cm³/mol. The maximum Gasteiger partial charge on any atom is 0.306 e. The summed E-state index contributed by atoms with van der Waals surface area (Å²) in [5, 5.41) is 0. The van der Waals surface area contributed by atoms with Gasteiger partial charge in [-0.3, -0.25) is 4.79 Å². The average Bonchev–Trinajstić information content (AvgIpc) is 2.34. The van der Waals surface area contributed by atoms with Gasteiger partial charge in [0.25, 0.3) is 0 Å². The van der Waals surface area contributed by atoms with Crippen LogP contribution in [-0.4, -0.2) is 12.6 Å². The Labute approximate surface area is 113 Å². The minimum atomic E-state index is -0.0825. The molecule has 0 N–H and O–H groups in total. The van der Waals surface area contributed by atoms with Crippen molar-refractivity contribution in [1.82, 2.24) is 0 Å². The van der Waals surface area contributed by atoms with Crippen LogP contribution >= 0.6 is 0 Å². The van der Waals surface area contributed by atoms with Crippen molar-refractivity contribution in [3.8, 4) is 0 Å². The number of unbranched alkanes of at least 4 members (excludes halogenated alkanes) is 8. The van der Waals surface area contributed by atoms with Gasteiger partial charge in [-0.15, -0.1) is 0 Å². The summed E-state index contributed by atoms with van der Waals surface area (Å²) in [7, 11) is 0. The van der Waals surface area contributed by atoms with E-state index < -0.39 is 0 Å². The molecule has 0 aromatic heterocycles. The molecule has 0 fully saturated rings. The van der Waals surface area contributed by atoms with Gasteiger partial charge in [-0.1, -0.05) is 64.9 Å². The molecule has 0 amide bonds. The second kappa shape index (κ2) is 12.7. The van der Waals surface area contributed by atoms with Crippen molar-refractivity contribution in [3.05, 3.63) is 12.2 Å². The van der Waals surface area contributed by atoms with Crippen LogP contribution in [0, 0.1) is 0 Å². The van der Waals surface area contributed by atoms with E-state index in [1.807, 2.05) is 6.92 Å². The second-order valence-corrected chi connectivity index (χ2v) is 5.20. The Morgan fingerprint density at radius 1 is 0.944 bits per heavy atom. The molecule has 0 heterocycles. The van der Waals surface area contributed by atoms with Crippen molar-refractivity contribution >= 4 is 5.97 Å². The Morgan fingerprint density at radius 2 is 1.44 bits per heavy atom. The molecule has 0 aliphatic heterocycles. The third-order valence-electron chi connectivity index (χ3n) is 2.96. The van der Waals surface area contributed by atoms with Crippen molar-refractivity contribution < 1.29 is 9.53 Å². The molecule has 0 bridgehead atoms. The summed E-state index contributed by atoms with van der Waals surface area (Å²) in [5.74, 6) is -0.0825. The van der Waals surface area contributed by atoms with Crippen molar-refractivity contribution in [1.29, 1.82) is 0 Å². The third kappa shape index (κ3) is 13.3. The van der Waals surface area contributed by atoms with E-state index in [1.54, 1.807) is 0 Å². The number of hydrogen-bond donors (Lipinski definition) is 0. The third-order valence-corrected chi connectivity index (χ3v) is 2.96. The first-order valence-electron chi connectivity index (χ1n) is 7.46. The molecular formula is C16H30O2. The summed E-state index contributed by atoms with van der Waals surface area (Å²) < 4.78 is 5.04. The lowest BCUT2D eigenvalue weighted by molar-refractivity contribution is -0.142. The van der Waals surface area contributed by atoms with E-state index in [0.29, 0.717) is 13.0 Å². The Bertz CT molecular complexity index is 221. The van der Waals surface area contributed by atoms with Gasteiger partial charge in [0.05, 0.1) is 0 Å². The van der Waals surface area contributed by atoms with E-state index in [2.05, 4.69) is 13.5 Å². The van der Waals surface area contributed by atoms with Crippen LogP contribution in [0.25, 0.3) is 0 Å². The van der Waals surface area contributed by atoms with Gasteiger partial charge in [-0.2, -0.15) is 0 Å². The summed E-state index contributed by atoms with van der Waals surface area (Å²) in [4.78, 5) is 11.3. The molecule has 0 spiro atoms. The van der Waals surface area contributed by atoms with Crippen molar-refractivity contribution in [3.63, 3.8) is 0 Å². The average molecular weight is 254 g/mol. The lowest BCUT2D eigenvalue weighted by Gasteiger charge is -2.04. The topological polar surface area (TPSA) is 26.3 Å². The molecule has 0 aromatic carbocycles. The monoisotopic (exact) mass is 254 g/mol. The van der Waals surface area contributed by atoms with Crippen LogP contribution in [0.5, 0.6) is 0 Å². The number of carbonyl (C=O) groups excluding carboxylic acids is 1. The lowest BCUT2D eigenvalue weighted by Crippen LogP contribution is -2.05. The van der Waals surface area contributed by atoms with E-state index in [-0.39, 0.29) is 5.97 Å². The van der Waals surface area contributed by atoms with Gasteiger partial charge in [0, 0.05) is 6.42 Å². The van der Waals surface area contributed by atoms with Gasteiger partial charge < -0.3 is 4.74 Å². The molecule has 0 unspecified atom stereocenters. The molecule has 0 aliphatic carbocycles. The lowest BCUT2D eigenvalue weighted by atomic mass is 10.1. The molecule has 2 heteroatoms. The minimum absolute atomic E-state index is 0.0825. The van der Waals surface area contributed by atoms with Crippen molar-refractivity contribution in [2.45, 2.75) is 78.1 Å². The smallest absolute Gasteiger partial charge is 0.306 e. The fourth-order valence-corrected chi connectivity index (χ4v) is 1.86. The molecule has 0 saturated carbocycles. The summed E-state index contributed by atoms with van der Waals surface area (Å²) >= 11 is 0. The summed E-state index contributed by atoms with van der Waals surface area (Å²) in [5.41, 5.74) is 0.899. The zero-order valence-electron chi connectivity index (χ0n) is 12.3. The Hall–Kier alpha value is -0.790. The molecular weight excluding hydrogens is 224 g/mol. The van der Waals surface area contributed by atoms with Crippen LogP contribution in [0.1, 0.15) is 78.1 Å². The molecule has 0 atom stereocenters.